The molecule has 3 rings (SSSR count). The fourth-order valence-corrected chi connectivity index (χ4v) is 2.69. The molecule has 4 nitrogen and oxygen atoms in total. The summed E-state index contributed by atoms with van der Waals surface area (Å²) in [7, 11) is 1.61. The molecular weight excluding hydrogens is 266 g/mol. The first kappa shape index (κ1) is 13.6. The molecule has 1 unspecified atom stereocenters. The van der Waals surface area contributed by atoms with E-state index >= 15 is 0 Å². The highest BCUT2D eigenvalue weighted by atomic mass is 16.5. The number of nitrogens with zero attached hydrogens (tertiary/aromatic N) is 1. The maximum atomic E-state index is 12.6. The minimum Gasteiger partial charge on any atom is -0.493 e. The zero-order valence-corrected chi connectivity index (χ0v) is 12.1. The summed E-state index contributed by atoms with van der Waals surface area (Å²) in [6.07, 6.45) is 3.77. The lowest BCUT2D eigenvalue weighted by molar-refractivity contribution is 0.0992. The number of ketones is 1. The van der Waals surface area contributed by atoms with E-state index in [2.05, 4.69) is 11.9 Å². The van der Waals surface area contributed by atoms with Gasteiger partial charge in [0.05, 0.1) is 13.7 Å². The second-order valence-electron chi connectivity index (χ2n) is 5.23. The number of carbonyl (C=O) groups excluding carboxylic acids is 1. The van der Waals surface area contributed by atoms with E-state index in [0.29, 0.717) is 24.5 Å². The highest BCUT2D eigenvalue weighted by Crippen LogP contribution is 2.43. The summed E-state index contributed by atoms with van der Waals surface area (Å²) in [4.78, 5) is 16.6. The minimum absolute atomic E-state index is 0.0949. The number of pyridine rings is 1. The van der Waals surface area contributed by atoms with Crippen molar-refractivity contribution in [2.45, 2.75) is 19.3 Å². The van der Waals surface area contributed by atoms with Crippen LogP contribution in [0.1, 0.15) is 34.3 Å². The summed E-state index contributed by atoms with van der Waals surface area (Å²) in [6, 6.07) is 7.37. The Bertz CT molecular complexity index is 667. The largest absolute Gasteiger partial charge is 0.493 e. The van der Waals surface area contributed by atoms with Crippen molar-refractivity contribution in [3.63, 3.8) is 0 Å². The SMILES string of the molecule is COc1ccc(C(=O)Cc2ccncc2)c2c1OCC2C. The number of Topliss-reactive ketones (excluding diaryl/α,β-unsaturated/α-hetero) is 1. The molecule has 1 aromatic heterocycles. The zero-order valence-electron chi connectivity index (χ0n) is 12.1. The molecule has 0 N–H and O–H groups in total. The molecule has 4 heteroatoms. The van der Waals surface area contributed by atoms with Gasteiger partial charge in [0.25, 0.3) is 0 Å². The number of methoxy groups -OCH3 is 1. The van der Waals surface area contributed by atoms with Crippen LogP contribution in [0.15, 0.2) is 36.7 Å². The van der Waals surface area contributed by atoms with Crippen LogP contribution in [0.2, 0.25) is 0 Å². The number of carbonyl (C=O) groups is 1. The van der Waals surface area contributed by atoms with Gasteiger partial charge in [0.15, 0.2) is 17.3 Å². The minimum atomic E-state index is 0.0949. The van der Waals surface area contributed by atoms with Gasteiger partial charge in [0.1, 0.15) is 0 Å². The van der Waals surface area contributed by atoms with Crippen LogP contribution < -0.4 is 9.47 Å². The van der Waals surface area contributed by atoms with E-state index in [-0.39, 0.29) is 11.7 Å². The Balaban J connectivity index is 1.96. The summed E-state index contributed by atoms with van der Waals surface area (Å²) < 4.78 is 11.0. The van der Waals surface area contributed by atoms with Crippen molar-refractivity contribution in [2.75, 3.05) is 13.7 Å². The Hall–Kier alpha value is -2.36. The number of ether oxygens (including phenoxy) is 2. The van der Waals surface area contributed by atoms with Gasteiger partial charge in [-0.3, -0.25) is 9.78 Å². The van der Waals surface area contributed by atoms with Crippen molar-refractivity contribution in [3.05, 3.63) is 53.3 Å². The average molecular weight is 283 g/mol. The van der Waals surface area contributed by atoms with Crippen LogP contribution in [0.3, 0.4) is 0 Å². The van der Waals surface area contributed by atoms with E-state index < -0.39 is 0 Å². The molecule has 1 aliphatic heterocycles. The average Bonchev–Trinajstić information content (AvgIpc) is 2.90. The summed E-state index contributed by atoms with van der Waals surface area (Å²) in [5.41, 5.74) is 2.66. The lowest BCUT2D eigenvalue weighted by Crippen LogP contribution is -2.08. The van der Waals surface area contributed by atoms with E-state index in [1.807, 2.05) is 18.2 Å². The first-order valence-electron chi connectivity index (χ1n) is 6.96. The van der Waals surface area contributed by atoms with Gasteiger partial charge in [-0.05, 0) is 29.8 Å². The van der Waals surface area contributed by atoms with Crippen LogP contribution in [-0.2, 0) is 6.42 Å². The molecule has 0 saturated heterocycles. The zero-order chi connectivity index (χ0) is 14.8. The summed E-state index contributed by atoms with van der Waals surface area (Å²) in [5, 5.41) is 0. The number of rotatable bonds is 4. The second kappa shape index (κ2) is 5.56. The molecule has 0 fully saturated rings. The topological polar surface area (TPSA) is 48.4 Å². The fraction of sp³-hybridized carbons (Fsp3) is 0.294. The number of benzene rings is 1. The molecule has 0 spiro atoms. The summed E-state index contributed by atoms with van der Waals surface area (Å²) in [5.74, 6) is 1.70. The Labute approximate surface area is 123 Å². The molecule has 1 aliphatic rings. The van der Waals surface area contributed by atoms with Crippen LogP contribution >= 0.6 is 0 Å². The van der Waals surface area contributed by atoms with Crippen LogP contribution in [0.5, 0.6) is 11.5 Å². The molecule has 0 aliphatic carbocycles. The number of fused-ring (bicyclic) bond motifs is 1. The third kappa shape index (κ3) is 2.49. The van der Waals surface area contributed by atoms with Crippen molar-refractivity contribution in [1.82, 2.24) is 4.98 Å². The maximum Gasteiger partial charge on any atom is 0.167 e. The standard InChI is InChI=1S/C17H17NO3/c1-11-10-21-17-15(20-2)4-3-13(16(11)17)14(19)9-12-5-7-18-8-6-12/h3-8,11H,9-10H2,1-2H3. The van der Waals surface area contributed by atoms with Crippen molar-refractivity contribution in [3.8, 4) is 11.5 Å². The van der Waals surface area contributed by atoms with Gasteiger partial charge in [0.2, 0.25) is 0 Å². The van der Waals surface area contributed by atoms with E-state index in [1.165, 1.54) is 0 Å². The Kier molecular flexibility index (Phi) is 3.60. The Morgan fingerprint density at radius 3 is 2.81 bits per heavy atom. The van der Waals surface area contributed by atoms with E-state index in [4.69, 9.17) is 9.47 Å². The Morgan fingerprint density at radius 1 is 1.33 bits per heavy atom. The highest BCUT2D eigenvalue weighted by Gasteiger charge is 2.29. The monoisotopic (exact) mass is 283 g/mol. The molecule has 108 valence electrons. The predicted octanol–water partition coefficient (Wildman–Crippen LogP) is 3.01. The van der Waals surface area contributed by atoms with Gasteiger partial charge in [-0.1, -0.05) is 6.92 Å². The predicted molar refractivity (Wildman–Crippen MR) is 79.2 cm³/mol. The van der Waals surface area contributed by atoms with E-state index in [1.54, 1.807) is 25.6 Å². The molecule has 0 radical (unpaired) electrons. The van der Waals surface area contributed by atoms with Crippen molar-refractivity contribution >= 4 is 5.78 Å². The smallest absolute Gasteiger partial charge is 0.167 e. The third-order valence-electron chi connectivity index (χ3n) is 3.76. The normalized spacial score (nSPS) is 16.2. The quantitative estimate of drug-likeness (QED) is 0.809. The van der Waals surface area contributed by atoms with Crippen LogP contribution in [0, 0.1) is 0 Å². The van der Waals surface area contributed by atoms with Crippen LogP contribution in [-0.4, -0.2) is 24.5 Å². The number of hydrogen-bond donors (Lipinski definition) is 0. The first-order valence-corrected chi connectivity index (χ1v) is 6.96. The van der Waals surface area contributed by atoms with Gasteiger partial charge >= 0.3 is 0 Å². The summed E-state index contributed by atoms with van der Waals surface area (Å²) >= 11 is 0. The maximum absolute atomic E-state index is 12.6. The van der Waals surface area contributed by atoms with Gasteiger partial charge < -0.3 is 9.47 Å². The van der Waals surface area contributed by atoms with Gasteiger partial charge in [-0.25, -0.2) is 0 Å². The van der Waals surface area contributed by atoms with Gasteiger partial charge in [-0.15, -0.1) is 0 Å². The molecule has 1 aromatic carbocycles. The third-order valence-corrected chi connectivity index (χ3v) is 3.76. The highest BCUT2D eigenvalue weighted by molar-refractivity contribution is 6.00. The number of aromatic nitrogens is 1. The van der Waals surface area contributed by atoms with Crippen molar-refractivity contribution in [2.24, 2.45) is 0 Å². The number of hydrogen-bond acceptors (Lipinski definition) is 4. The van der Waals surface area contributed by atoms with Gasteiger partial charge in [-0.2, -0.15) is 0 Å². The molecule has 21 heavy (non-hydrogen) atoms. The van der Waals surface area contributed by atoms with Crippen LogP contribution in [0.4, 0.5) is 0 Å². The molecule has 0 saturated carbocycles. The molecule has 2 aromatic rings. The molecule has 0 amide bonds. The van der Waals surface area contributed by atoms with E-state index in [0.717, 1.165) is 16.7 Å². The summed E-state index contributed by atoms with van der Waals surface area (Å²) in [6.45, 7) is 2.65. The van der Waals surface area contributed by atoms with Crippen molar-refractivity contribution < 1.29 is 14.3 Å². The van der Waals surface area contributed by atoms with Crippen LogP contribution in [0.25, 0.3) is 0 Å². The molecule has 0 bridgehead atoms. The molecule has 1 atom stereocenters. The molecule has 2 heterocycles. The fourth-order valence-electron chi connectivity index (χ4n) is 2.69. The van der Waals surface area contributed by atoms with Gasteiger partial charge in [0, 0.05) is 35.9 Å². The van der Waals surface area contributed by atoms with E-state index in [9.17, 15) is 4.79 Å². The second-order valence-corrected chi connectivity index (χ2v) is 5.23. The first-order chi connectivity index (χ1) is 10.2. The lowest BCUT2D eigenvalue weighted by Gasteiger charge is -2.12. The molecular formula is C17H17NO3. The van der Waals surface area contributed by atoms with Crippen molar-refractivity contribution in [1.29, 1.82) is 0 Å². The Morgan fingerprint density at radius 2 is 2.10 bits per heavy atom. The lowest BCUT2D eigenvalue weighted by atomic mass is 9.92.